The maximum atomic E-state index is 13.0. The molecule has 25 heavy (non-hydrogen) atoms. The van der Waals surface area contributed by atoms with E-state index in [9.17, 15) is 4.79 Å². The first-order valence-electron chi connectivity index (χ1n) is 8.69. The van der Waals surface area contributed by atoms with Crippen molar-refractivity contribution in [3.8, 4) is 12.3 Å². The Labute approximate surface area is 150 Å². The molecule has 2 aromatic rings. The number of rotatable bonds is 8. The van der Waals surface area contributed by atoms with Gasteiger partial charge >= 0.3 is 0 Å². The molecule has 0 saturated heterocycles. The van der Waals surface area contributed by atoms with E-state index in [0.29, 0.717) is 13.2 Å². The molecular weight excluding hydrogens is 310 g/mol. The van der Waals surface area contributed by atoms with E-state index >= 15 is 0 Å². The molecule has 0 bridgehead atoms. The van der Waals surface area contributed by atoms with Gasteiger partial charge in [-0.3, -0.25) is 4.79 Å². The van der Waals surface area contributed by atoms with Gasteiger partial charge in [0, 0.05) is 17.9 Å². The summed E-state index contributed by atoms with van der Waals surface area (Å²) in [6.07, 6.45) is 7.00. The Balaban J connectivity index is 2.25. The monoisotopic (exact) mass is 335 g/mol. The van der Waals surface area contributed by atoms with E-state index in [1.54, 1.807) is 11.8 Å². The lowest BCUT2D eigenvalue weighted by Gasteiger charge is -2.26. The number of amides is 1. The van der Waals surface area contributed by atoms with Crippen LogP contribution in [0.25, 0.3) is 0 Å². The van der Waals surface area contributed by atoms with E-state index in [0.717, 1.165) is 29.7 Å². The summed E-state index contributed by atoms with van der Waals surface area (Å²) in [4.78, 5) is 14.7. The van der Waals surface area contributed by atoms with Crippen LogP contribution in [-0.2, 0) is 16.1 Å². The zero-order valence-electron chi connectivity index (χ0n) is 14.9. The van der Waals surface area contributed by atoms with Crippen molar-refractivity contribution in [2.75, 3.05) is 11.5 Å². The Morgan fingerprint density at radius 1 is 1.20 bits per heavy atom. The van der Waals surface area contributed by atoms with Gasteiger partial charge in [0.25, 0.3) is 5.91 Å². The number of ether oxygens (including phenoxy) is 1. The minimum atomic E-state index is -0.496. The molecule has 1 amide bonds. The van der Waals surface area contributed by atoms with Crippen LogP contribution in [0.3, 0.4) is 0 Å². The molecule has 0 aromatic heterocycles. The lowest BCUT2D eigenvalue weighted by Crippen LogP contribution is -2.39. The van der Waals surface area contributed by atoms with Gasteiger partial charge in [-0.15, -0.1) is 6.42 Å². The molecule has 3 nitrogen and oxygen atoms in total. The highest BCUT2D eigenvalue weighted by Gasteiger charge is 2.23. The molecule has 0 spiro atoms. The SMILES string of the molecule is C#Cc1cccc(N(Cc2ccccc2)C(=O)C(C)OCCCC)c1. The van der Waals surface area contributed by atoms with Gasteiger partial charge in [-0.1, -0.05) is 55.7 Å². The fraction of sp³-hybridized carbons (Fsp3) is 0.318. The van der Waals surface area contributed by atoms with E-state index < -0.39 is 6.10 Å². The Bertz CT molecular complexity index is 718. The third-order valence-corrected chi connectivity index (χ3v) is 3.99. The van der Waals surface area contributed by atoms with Crippen LogP contribution in [0.1, 0.15) is 37.8 Å². The zero-order valence-corrected chi connectivity index (χ0v) is 14.9. The summed E-state index contributed by atoms with van der Waals surface area (Å²) in [5, 5.41) is 0. The first-order chi connectivity index (χ1) is 12.2. The molecular formula is C22H25NO2. The Morgan fingerprint density at radius 2 is 1.96 bits per heavy atom. The summed E-state index contributed by atoms with van der Waals surface area (Å²) in [5.74, 6) is 2.57. The molecule has 0 aliphatic rings. The quantitative estimate of drug-likeness (QED) is 0.528. The number of nitrogens with zero attached hydrogens (tertiary/aromatic N) is 1. The fourth-order valence-corrected chi connectivity index (χ4v) is 2.52. The van der Waals surface area contributed by atoms with Crippen LogP contribution in [0.5, 0.6) is 0 Å². The van der Waals surface area contributed by atoms with Crippen LogP contribution in [0.4, 0.5) is 5.69 Å². The summed E-state index contributed by atoms with van der Waals surface area (Å²) in [7, 11) is 0. The van der Waals surface area contributed by atoms with Gasteiger partial charge in [0.05, 0.1) is 6.54 Å². The van der Waals surface area contributed by atoms with E-state index in [2.05, 4.69) is 12.8 Å². The number of hydrogen-bond acceptors (Lipinski definition) is 2. The van der Waals surface area contributed by atoms with Crippen LogP contribution in [0.15, 0.2) is 54.6 Å². The standard InChI is InChI=1S/C22H25NO2/c1-4-6-15-25-18(3)22(24)23(17-20-11-8-7-9-12-20)21-14-10-13-19(5-2)16-21/h2,7-14,16,18H,4,6,15,17H2,1,3H3. The number of hydrogen-bond donors (Lipinski definition) is 0. The predicted molar refractivity (Wildman–Crippen MR) is 102 cm³/mol. The Hall–Kier alpha value is -2.57. The normalized spacial score (nSPS) is 11.6. The van der Waals surface area contributed by atoms with Crippen molar-refractivity contribution in [3.63, 3.8) is 0 Å². The number of benzene rings is 2. The average molecular weight is 335 g/mol. The molecule has 0 N–H and O–H groups in total. The number of unbranched alkanes of at least 4 members (excludes halogenated alkanes) is 1. The lowest BCUT2D eigenvalue weighted by molar-refractivity contribution is -0.129. The van der Waals surface area contributed by atoms with Gasteiger partial charge in [-0.05, 0) is 37.1 Å². The second kappa shape index (κ2) is 9.66. The van der Waals surface area contributed by atoms with Gasteiger partial charge < -0.3 is 9.64 Å². The van der Waals surface area contributed by atoms with Crippen LogP contribution in [0, 0.1) is 12.3 Å². The van der Waals surface area contributed by atoms with Crippen molar-refractivity contribution >= 4 is 11.6 Å². The number of carbonyl (C=O) groups is 1. The molecule has 2 rings (SSSR count). The summed E-state index contributed by atoms with van der Waals surface area (Å²) >= 11 is 0. The minimum Gasteiger partial charge on any atom is -0.369 e. The highest BCUT2D eigenvalue weighted by Crippen LogP contribution is 2.20. The fourth-order valence-electron chi connectivity index (χ4n) is 2.52. The van der Waals surface area contributed by atoms with Crippen LogP contribution in [0.2, 0.25) is 0 Å². The molecule has 0 saturated carbocycles. The molecule has 0 aliphatic heterocycles. The lowest BCUT2D eigenvalue weighted by atomic mass is 10.1. The highest BCUT2D eigenvalue weighted by atomic mass is 16.5. The highest BCUT2D eigenvalue weighted by molar-refractivity contribution is 5.96. The predicted octanol–water partition coefficient (Wildman–Crippen LogP) is 4.41. The van der Waals surface area contributed by atoms with Crippen molar-refractivity contribution in [1.29, 1.82) is 0 Å². The summed E-state index contributed by atoms with van der Waals surface area (Å²) in [6, 6.07) is 17.4. The zero-order chi connectivity index (χ0) is 18.1. The number of carbonyl (C=O) groups excluding carboxylic acids is 1. The van der Waals surface area contributed by atoms with Crippen LogP contribution < -0.4 is 4.90 Å². The van der Waals surface area contributed by atoms with Crippen molar-refractivity contribution in [1.82, 2.24) is 0 Å². The largest absolute Gasteiger partial charge is 0.369 e. The Morgan fingerprint density at radius 3 is 2.64 bits per heavy atom. The maximum Gasteiger partial charge on any atom is 0.256 e. The molecule has 0 fully saturated rings. The molecule has 0 radical (unpaired) electrons. The molecule has 1 atom stereocenters. The first-order valence-corrected chi connectivity index (χ1v) is 8.69. The maximum absolute atomic E-state index is 13.0. The molecule has 0 aliphatic carbocycles. The molecule has 3 heteroatoms. The topological polar surface area (TPSA) is 29.5 Å². The minimum absolute atomic E-state index is 0.0610. The molecule has 0 heterocycles. The van der Waals surface area contributed by atoms with Crippen molar-refractivity contribution in [3.05, 3.63) is 65.7 Å². The summed E-state index contributed by atoms with van der Waals surface area (Å²) in [6.45, 7) is 4.98. The van der Waals surface area contributed by atoms with E-state index in [4.69, 9.17) is 11.2 Å². The molecule has 2 aromatic carbocycles. The first kappa shape index (κ1) is 18.8. The number of anilines is 1. The third-order valence-electron chi connectivity index (χ3n) is 3.99. The average Bonchev–Trinajstić information content (AvgIpc) is 2.66. The van der Waals surface area contributed by atoms with Crippen LogP contribution >= 0.6 is 0 Å². The second-order valence-corrected chi connectivity index (χ2v) is 5.97. The smallest absolute Gasteiger partial charge is 0.256 e. The van der Waals surface area contributed by atoms with E-state index in [-0.39, 0.29) is 5.91 Å². The third kappa shape index (κ3) is 5.48. The van der Waals surface area contributed by atoms with Gasteiger partial charge in [0.2, 0.25) is 0 Å². The number of terminal acetylenes is 1. The Kier molecular flexibility index (Phi) is 7.25. The van der Waals surface area contributed by atoms with Gasteiger partial charge in [-0.25, -0.2) is 0 Å². The molecule has 130 valence electrons. The van der Waals surface area contributed by atoms with Crippen molar-refractivity contribution in [2.45, 2.75) is 39.3 Å². The van der Waals surface area contributed by atoms with Crippen LogP contribution in [-0.4, -0.2) is 18.6 Å². The summed E-state index contributed by atoms with van der Waals surface area (Å²) < 4.78 is 5.71. The summed E-state index contributed by atoms with van der Waals surface area (Å²) in [5.41, 5.74) is 2.60. The second-order valence-electron chi connectivity index (χ2n) is 5.97. The van der Waals surface area contributed by atoms with E-state index in [1.807, 2.05) is 54.6 Å². The van der Waals surface area contributed by atoms with Crippen molar-refractivity contribution in [2.24, 2.45) is 0 Å². The molecule has 1 unspecified atom stereocenters. The van der Waals surface area contributed by atoms with Gasteiger partial charge in [-0.2, -0.15) is 0 Å². The van der Waals surface area contributed by atoms with Gasteiger partial charge in [0.15, 0.2) is 0 Å². The van der Waals surface area contributed by atoms with Gasteiger partial charge in [0.1, 0.15) is 6.10 Å². The van der Waals surface area contributed by atoms with E-state index in [1.165, 1.54) is 0 Å². The van der Waals surface area contributed by atoms with Crippen molar-refractivity contribution < 1.29 is 9.53 Å².